The van der Waals surface area contributed by atoms with Gasteiger partial charge in [-0.2, -0.15) is 13.2 Å². The van der Waals surface area contributed by atoms with Gasteiger partial charge in [0.2, 0.25) is 5.91 Å². The minimum Gasteiger partial charge on any atom is -0.467 e. The predicted octanol–water partition coefficient (Wildman–Crippen LogP) is 3.14. The molecule has 1 fully saturated rings. The smallest absolute Gasteiger partial charge is 0.406 e. The second-order valence-electron chi connectivity index (χ2n) is 7.65. The van der Waals surface area contributed by atoms with Crippen LogP contribution < -0.4 is 5.32 Å². The van der Waals surface area contributed by atoms with Gasteiger partial charge < -0.3 is 19.4 Å². The first-order valence-corrected chi connectivity index (χ1v) is 10.3. The van der Waals surface area contributed by atoms with Crippen molar-refractivity contribution in [2.75, 3.05) is 45.9 Å². The van der Waals surface area contributed by atoms with Gasteiger partial charge in [-0.3, -0.25) is 9.69 Å². The van der Waals surface area contributed by atoms with Gasteiger partial charge in [0.15, 0.2) is 0 Å². The average molecular weight is 439 g/mol. The number of rotatable bonds is 9. The number of aryl methyl sites for hydroxylation is 1. The van der Waals surface area contributed by atoms with E-state index < -0.39 is 18.6 Å². The second kappa shape index (κ2) is 10.8. The molecule has 1 aliphatic rings. The molecule has 0 unspecified atom stereocenters. The molecule has 0 radical (unpaired) electrons. The number of alkyl halides is 3. The van der Waals surface area contributed by atoms with Gasteiger partial charge in [-0.1, -0.05) is 29.8 Å². The fraction of sp³-hybridized carbons (Fsp3) is 0.500. The van der Waals surface area contributed by atoms with Crippen molar-refractivity contribution < 1.29 is 27.1 Å². The van der Waals surface area contributed by atoms with Crippen molar-refractivity contribution >= 4 is 5.91 Å². The molecule has 9 heteroatoms. The molecule has 1 saturated heterocycles. The number of benzene rings is 1. The van der Waals surface area contributed by atoms with Gasteiger partial charge in [-0.05, 0) is 24.6 Å². The zero-order valence-electron chi connectivity index (χ0n) is 17.5. The Labute approximate surface area is 179 Å². The zero-order chi connectivity index (χ0) is 22.3. The molecule has 1 aromatic carbocycles. The molecule has 0 spiro atoms. The van der Waals surface area contributed by atoms with E-state index in [4.69, 9.17) is 9.15 Å². The van der Waals surface area contributed by atoms with E-state index in [1.54, 1.807) is 12.1 Å². The lowest BCUT2D eigenvalue weighted by Gasteiger charge is -2.35. The fourth-order valence-electron chi connectivity index (χ4n) is 3.60. The first-order valence-electron chi connectivity index (χ1n) is 10.3. The zero-order valence-corrected chi connectivity index (χ0v) is 17.5. The molecule has 0 bridgehead atoms. The molecule has 0 aliphatic carbocycles. The number of nitrogens with zero attached hydrogens (tertiary/aromatic N) is 2. The minimum atomic E-state index is -4.49. The number of ether oxygens (including phenoxy) is 1. The summed E-state index contributed by atoms with van der Waals surface area (Å²) in [6.45, 7) is 3.49. The number of halogens is 3. The quantitative estimate of drug-likeness (QED) is 0.651. The van der Waals surface area contributed by atoms with Crippen LogP contribution in [0.4, 0.5) is 13.2 Å². The Hall–Kier alpha value is -2.36. The molecule has 0 saturated carbocycles. The maximum atomic E-state index is 13.0. The maximum absolute atomic E-state index is 13.0. The Morgan fingerprint density at radius 1 is 1.19 bits per heavy atom. The highest BCUT2D eigenvalue weighted by Crippen LogP contribution is 2.22. The van der Waals surface area contributed by atoms with E-state index in [1.807, 2.05) is 31.2 Å². The molecule has 2 aromatic rings. The Kier molecular flexibility index (Phi) is 8.11. The van der Waals surface area contributed by atoms with Gasteiger partial charge in [0.1, 0.15) is 12.3 Å². The minimum absolute atomic E-state index is 0.00144. The molecular weight excluding hydrogens is 411 g/mol. The summed E-state index contributed by atoms with van der Waals surface area (Å²) in [7, 11) is 0. The number of carbonyl (C=O) groups excluding carboxylic acids is 1. The van der Waals surface area contributed by atoms with Crippen molar-refractivity contribution in [3.05, 3.63) is 59.5 Å². The first kappa shape index (κ1) is 23.3. The molecular formula is C22H28F3N3O3. The summed E-state index contributed by atoms with van der Waals surface area (Å²) in [6.07, 6.45) is -3.11. The van der Waals surface area contributed by atoms with E-state index in [1.165, 1.54) is 6.26 Å². The van der Waals surface area contributed by atoms with Crippen LogP contribution in [-0.4, -0.2) is 67.8 Å². The molecule has 1 atom stereocenters. The van der Waals surface area contributed by atoms with E-state index >= 15 is 0 Å². The summed E-state index contributed by atoms with van der Waals surface area (Å²) in [6, 6.07) is 11.3. The molecule has 1 aromatic heterocycles. The van der Waals surface area contributed by atoms with E-state index in [9.17, 15) is 18.0 Å². The summed E-state index contributed by atoms with van der Waals surface area (Å²) in [5.41, 5.74) is 2.24. The van der Waals surface area contributed by atoms with Crippen LogP contribution >= 0.6 is 0 Å². The Morgan fingerprint density at radius 3 is 2.52 bits per heavy atom. The highest BCUT2D eigenvalue weighted by atomic mass is 19.4. The van der Waals surface area contributed by atoms with Gasteiger partial charge in [0, 0.05) is 25.7 Å². The molecule has 1 aliphatic heterocycles. The van der Waals surface area contributed by atoms with Crippen LogP contribution in [0.3, 0.4) is 0 Å². The lowest BCUT2D eigenvalue weighted by atomic mass is 10.0. The van der Waals surface area contributed by atoms with Crippen LogP contribution in [0, 0.1) is 6.92 Å². The lowest BCUT2D eigenvalue weighted by molar-refractivity contribution is -0.162. The largest absolute Gasteiger partial charge is 0.467 e. The summed E-state index contributed by atoms with van der Waals surface area (Å²) in [5, 5.41) is 3.07. The maximum Gasteiger partial charge on any atom is 0.406 e. The summed E-state index contributed by atoms with van der Waals surface area (Å²) in [5.74, 6) is -0.318. The van der Waals surface area contributed by atoms with E-state index in [2.05, 4.69) is 10.2 Å². The standard InChI is InChI=1S/C22H28F3N3O3/c1-17-4-6-18(7-5-17)20(27-8-11-30-12-9-27)13-26-14-21(29)28(16-22(23,24)25)15-19-3-2-10-31-19/h2-7,10,20,26H,8-9,11-16H2,1H3/t20-/m1/s1. The Bertz CT molecular complexity index is 804. The highest BCUT2D eigenvalue weighted by Gasteiger charge is 2.33. The van der Waals surface area contributed by atoms with Crippen molar-refractivity contribution in [3.8, 4) is 0 Å². The molecule has 6 nitrogen and oxygen atoms in total. The fourth-order valence-corrected chi connectivity index (χ4v) is 3.60. The molecule has 3 rings (SSSR count). The molecule has 31 heavy (non-hydrogen) atoms. The number of nitrogens with one attached hydrogen (secondary N) is 1. The monoisotopic (exact) mass is 439 g/mol. The van der Waals surface area contributed by atoms with Crippen molar-refractivity contribution in [2.45, 2.75) is 25.7 Å². The van der Waals surface area contributed by atoms with Crippen LogP contribution in [0.15, 0.2) is 47.1 Å². The third-order valence-electron chi connectivity index (χ3n) is 5.21. The van der Waals surface area contributed by atoms with Gasteiger partial charge >= 0.3 is 6.18 Å². The number of morpholine rings is 1. The summed E-state index contributed by atoms with van der Waals surface area (Å²) < 4.78 is 49.5. The van der Waals surface area contributed by atoms with Crippen LogP contribution in [0.5, 0.6) is 0 Å². The lowest BCUT2D eigenvalue weighted by Crippen LogP contribution is -2.46. The van der Waals surface area contributed by atoms with Crippen LogP contribution in [0.2, 0.25) is 0 Å². The van der Waals surface area contributed by atoms with E-state index in [-0.39, 0.29) is 19.1 Å². The molecule has 1 amide bonds. The van der Waals surface area contributed by atoms with Crippen LogP contribution in [-0.2, 0) is 16.1 Å². The third-order valence-corrected chi connectivity index (χ3v) is 5.21. The summed E-state index contributed by atoms with van der Waals surface area (Å²) >= 11 is 0. The molecule has 170 valence electrons. The molecule has 1 N–H and O–H groups in total. The third kappa shape index (κ3) is 7.37. The van der Waals surface area contributed by atoms with Gasteiger partial charge in [-0.15, -0.1) is 0 Å². The predicted molar refractivity (Wildman–Crippen MR) is 109 cm³/mol. The van der Waals surface area contributed by atoms with Crippen molar-refractivity contribution in [3.63, 3.8) is 0 Å². The van der Waals surface area contributed by atoms with Crippen molar-refractivity contribution in [2.24, 2.45) is 0 Å². The van der Waals surface area contributed by atoms with Crippen molar-refractivity contribution in [1.82, 2.24) is 15.1 Å². The van der Waals surface area contributed by atoms with E-state index in [0.29, 0.717) is 25.5 Å². The first-order chi connectivity index (χ1) is 14.8. The normalized spacial score (nSPS) is 16.3. The highest BCUT2D eigenvalue weighted by molar-refractivity contribution is 5.78. The second-order valence-corrected chi connectivity index (χ2v) is 7.65. The number of hydrogen-bond donors (Lipinski definition) is 1. The Morgan fingerprint density at radius 2 is 1.90 bits per heavy atom. The van der Waals surface area contributed by atoms with Gasteiger partial charge in [-0.25, -0.2) is 0 Å². The number of amides is 1. The van der Waals surface area contributed by atoms with Gasteiger partial charge in [0.25, 0.3) is 0 Å². The topological polar surface area (TPSA) is 58.0 Å². The molecule has 2 heterocycles. The SMILES string of the molecule is Cc1ccc([C@@H](CNCC(=O)N(Cc2ccco2)CC(F)(F)F)N2CCOCC2)cc1. The van der Waals surface area contributed by atoms with Crippen LogP contribution in [0.25, 0.3) is 0 Å². The van der Waals surface area contributed by atoms with Gasteiger partial charge in [0.05, 0.1) is 32.6 Å². The number of hydrogen-bond acceptors (Lipinski definition) is 5. The summed E-state index contributed by atoms with van der Waals surface area (Å²) in [4.78, 5) is 15.6. The average Bonchev–Trinajstić information content (AvgIpc) is 3.24. The number of furan rings is 1. The van der Waals surface area contributed by atoms with Crippen LogP contribution in [0.1, 0.15) is 22.9 Å². The Balaban J connectivity index is 1.62. The van der Waals surface area contributed by atoms with Crippen molar-refractivity contribution in [1.29, 1.82) is 0 Å². The van der Waals surface area contributed by atoms with E-state index in [0.717, 1.165) is 29.1 Å². The number of carbonyl (C=O) groups is 1.